The van der Waals surface area contributed by atoms with E-state index in [0.717, 1.165) is 12.8 Å². The summed E-state index contributed by atoms with van der Waals surface area (Å²) < 4.78 is 0. The number of carbonyl (C=O) groups excluding carboxylic acids is 1. The molecule has 0 fully saturated rings. The summed E-state index contributed by atoms with van der Waals surface area (Å²) in [6.07, 6.45) is 9.44. The van der Waals surface area contributed by atoms with E-state index in [1.54, 1.807) is 12.2 Å². The van der Waals surface area contributed by atoms with Crippen molar-refractivity contribution in [2.45, 2.75) is 19.8 Å². The van der Waals surface area contributed by atoms with Crippen LogP contribution in [-0.2, 0) is 4.79 Å². The van der Waals surface area contributed by atoms with Crippen molar-refractivity contribution in [2.75, 3.05) is 0 Å². The van der Waals surface area contributed by atoms with Gasteiger partial charge in [0.15, 0.2) is 5.78 Å². The summed E-state index contributed by atoms with van der Waals surface area (Å²) in [5.41, 5.74) is 0. The van der Waals surface area contributed by atoms with Crippen LogP contribution in [0.15, 0.2) is 24.3 Å². The second kappa shape index (κ2) is 3.35. The van der Waals surface area contributed by atoms with E-state index in [1.165, 1.54) is 0 Å². The Hall–Kier alpha value is -0.850. The molecule has 1 unspecified atom stereocenters. The summed E-state index contributed by atoms with van der Waals surface area (Å²) in [5, 5.41) is 0. The Bertz CT molecular complexity index is 177. The monoisotopic (exact) mass is 136 g/mol. The minimum Gasteiger partial charge on any atom is -0.294 e. The van der Waals surface area contributed by atoms with Crippen molar-refractivity contribution >= 4 is 5.78 Å². The van der Waals surface area contributed by atoms with Crippen LogP contribution in [-0.4, -0.2) is 5.78 Å². The summed E-state index contributed by atoms with van der Waals surface area (Å²) in [6, 6.07) is 0. The summed E-state index contributed by atoms with van der Waals surface area (Å²) in [4.78, 5) is 11.0. The fraction of sp³-hybridized carbons (Fsp3) is 0.444. The molecule has 0 aliphatic heterocycles. The van der Waals surface area contributed by atoms with E-state index in [0.29, 0.717) is 0 Å². The zero-order valence-electron chi connectivity index (χ0n) is 6.21. The van der Waals surface area contributed by atoms with E-state index in [1.807, 2.05) is 12.2 Å². The molecule has 1 aliphatic carbocycles. The van der Waals surface area contributed by atoms with Crippen LogP contribution in [0.5, 0.6) is 0 Å². The van der Waals surface area contributed by atoms with Gasteiger partial charge in [-0.3, -0.25) is 4.79 Å². The van der Waals surface area contributed by atoms with Crippen molar-refractivity contribution in [2.24, 2.45) is 5.92 Å². The lowest BCUT2D eigenvalue weighted by atomic mass is 9.95. The largest absolute Gasteiger partial charge is 0.294 e. The predicted molar refractivity (Wildman–Crippen MR) is 41.7 cm³/mol. The van der Waals surface area contributed by atoms with Crippen molar-refractivity contribution in [3.63, 3.8) is 0 Å². The first-order valence-electron chi connectivity index (χ1n) is 3.73. The maximum Gasteiger partial charge on any atom is 0.162 e. The van der Waals surface area contributed by atoms with E-state index in [-0.39, 0.29) is 11.7 Å². The number of ketones is 1. The van der Waals surface area contributed by atoms with Crippen LogP contribution in [0.2, 0.25) is 0 Å². The van der Waals surface area contributed by atoms with Crippen molar-refractivity contribution in [1.29, 1.82) is 0 Å². The first-order valence-corrected chi connectivity index (χ1v) is 3.73. The highest BCUT2D eigenvalue weighted by Gasteiger charge is 2.12. The molecule has 0 amide bonds. The number of carbonyl (C=O) groups is 1. The summed E-state index contributed by atoms with van der Waals surface area (Å²) in [6.45, 7) is 2.10. The molecule has 0 N–H and O–H groups in total. The van der Waals surface area contributed by atoms with Gasteiger partial charge in [-0.1, -0.05) is 31.6 Å². The van der Waals surface area contributed by atoms with E-state index in [4.69, 9.17) is 0 Å². The molecule has 1 atom stereocenters. The SMILES string of the molecule is CCCC1C=CC=CC1=O. The van der Waals surface area contributed by atoms with E-state index in [9.17, 15) is 4.79 Å². The predicted octanol–water partition coefficient (Wildman–Crippen LogP) is 2.10. The van der Waals surface area contributed by atoms with Gasteiger partial charge in [-0.25, -0.2) is 0 Å². The van der Waals surface area contributed by atoms with Gasteiger partial charge in [-0.2, -0.15) is 0 Å². The van der Waals surface area contributed by atoms with Gasteiger partial charge in [-0.15, -0.1) is 0 Å². The molecule has 54 valence electrons. The molecule has 1 rings (SSSR count). The second-order valence-corrected chi connectivity index (χ2v) is 2.54. The van der Waals surface area contributed by atoms with Gasteiger partial charge in [0.2, 0.25) is 0 Å². The Morgan fingerprint density at radius 2 is 2.30 bits per heavy atom. The molecule has 0 bridgehead atoms. The third-order valence-corrected chi connectivity index (χ3v) is 1.68. The Kier molecular flexibility index (Phi) is 2.43. The molecule has 1 aliphatic rings. The Balaban J connectivity index is 2.53. The molecular formula is C9H12O. The Morgan fingerprint density at radius 3 is 2.90 bits per heavy atom. The summed E-state index contributed by atoms with van der Waals surface area (Å²) >= 11 is 0. The minimum atomic E-state index is 0.162. The van der Waals surface area contributed by atoms with Gasteiger partial charge in [0, 0.05) is 5.92 Å². The van der Waals surface area contributed by atoms with Crippen LogP contribution in [0.25, 0.3) is 0 Å². The molecule has 1 heteroatoms. The molecule has 0 spiro atoms. The van der Waals surface area contributed by atoms with Crippen LogP contribution < -0.4 is 0 Å². The molecule has 1 nitrogen and oxygen atoms in total. The number of rotatable bonds is 2. The fourth-order valence-corrected chi connectivity index (χ4v) is 1.12. The molecule has 0 saturated heterocycles. The molecular weight excluding hydrogens is 124 g/mol. The van der Waals surface area contributed by atoms with Gasteiger partial charge in [-0.05, 0) is 12.5 Å². The van der Waals surface area contributed by atoms with Gasteiger partial charge >= 0.3 is 0 Å². The van der Waals surface area contributed by atoms with E-state index in [2.05, 4.69) is 6.92 Å². The van der Waals surface area contributed by atoms with Gasteiger partial charge in [0.1, 0.15) is 0 Å². The molecule has 0 radical (unpaired) electrons. The molecule has 0 aromatic heterocycles. The lowest BCUT2D eigenvalue weighted by Crippen LogP contribution is -2.10. The number of allylic oxidation sites excluding steroid dienone is 4. The zero-order valence-corrected chi connectivity index (χ0v) is 6.21. The maximum atomic E-state index is 11.0. The zero-order chi connectivity index (χ0) is 7.40. The van der Waals surface area contributed by atoms with Crippen molar-refractivity contribution in [3.8, 4) is 0 Å². The number of hydrogen-bond donors (Lipinski definition) is 0. The van der Waals surface area contributed by atoms with Crippen LogP contribution >= 0.6 is 0 Å². The van der Waals surface area contributed by atoms with Crippen LogP contribution in [0.4, 0.5) is 0 Å². The normalized spacial score (nSPS) is 23.7. The van der Waals surface area contributed by atoms with Gasteiger partial charge < -0.3 is 0 Å². The lowest BCUT2D eigenvalue weighted by molar-refractivity contribution is -0.117. The third kappa shape index (κ3) is 1.56. The average Bonchev–Trinajstić information content (AvgIpc) is 1.94. The fourth-order valence-electron chi connectivity index (χ4n) is 1.12. The first-order chi connectivity index (χ1) is 4.84. The van der Waals surface area contributed by atoms with Crippen LogP contribution in [0, 0.1) is 5.92 Å². The highest BCUT2D eigenvalue weighted by Crippen LogP contribution is 2.13. The average molecular weight is 136 g/mol. The smallest absolute Gasteiger partial charge is 0.162 e. The Labute approximate surface area is 61.4 Å². The summed E-state index contributed by atoms with van der Waals surface area (Å²) in [5.74, 6) is 0.416. The topological polar surface area (TPSA) is 17.1 Å². The minimum absolute atomic E-state index is 0.162. The molecule has 0 heterocycles. The Morgan fingerprint density at radius 1 is 1.50 bits per heavy atom. The van der Waals surface area contributed by atoms with Crippen LogP contribution in [0.3, 0.4) is 0 Å². The van der Waals surface area contributed by atoms with E-state index >= 15 is 0 Å². The molecule has 10 heavy (non-hydrogen) atoms. The van der Waals surface area contributed by atoms with Crippen molar-refractivity contribution in [1.82, 2.24) is 0 Å². The lowest BCUT2D eigenvalue weighted by Gasteiger charge is -2.08. The first kappa shape index (κ1) is 7.26. The molecule has 0 aromatic rings. The van der Waals surface area contributed by atoms with Crippen molar-refractivity contribution in [3.05, 3.63) is 24.3 Å². The maximum absolute atomic E-state index is 11.0. The quantitative estimate of drug-likeness (QED) is 0.568. The van der Waals surface area contributed by atoms with Crippen molar-refractivity contribution < 1.29 is 4.79 Å². The summed E-state index contributed by atoms with van der Waals surface area (Å²) in [7, 11) is 0. The third-order valence-electron chi connectivity index (χ3n) is 1.68. The van der Waals surface area contributed by atoms with Crippen LogP contribution in [0.1, 0.15) is 19.8 Å². The molecule has 0 aromatic carbocycles. The standard InChI is InChI=1S/C9H12O/c1-2-5-8-6-3-4-7-9(8)10/h3-4,6-8H,2,5H2,1H3. The number of hydrogen-bond acceptors (Lipinski definition) is 1. The highest BCUT2D eigenvalue weighted by molar-refractivity contribution is 5.94. The van der Waals surface area contributed by atoms with Gasteiger partial charge in [0.25, 0.3) is 0 Å². The highest BCUT2D eigenvalue weighted by atomic mass is 16.1. The molecule has 0 saturated carbocycles. The second-order valence-electron chi connectivity index (χ2n) is 2.54. The van der Waals surface area contributed by atoms with Gasteiger partial charge in [0.05, 0.1) is 0 Å². The van der Waals surface area contributed by atoms with E-state index < -0.39 is 0 Å².